The summed E-state index contributed by atoms with van der Waals surface area (Å²) in [4.78, 5) is 26.8. The topological polar surface area (TPSA) is 49.4 Å². The minimum absolute atomic E-state index is 0.0630. The summed E-state index contributed by atoms with van der Waals surface area (Å²) in [6, 6.07) is 6.51. The van der Waals surface area contributed by atoms with Gasteiger partial charge in [0.2, 0.25) is 11.8 Å². The van der Waals surface area contributed by atoms with E-state index in [9.17, 15) is 9.59 Å². The zero-order valence-electron chi connectivity index (χ0n) is 14.5. The van der Waals surface area contributed by atoms with Gasteiger partial charge in [-0.3, -0.25) is 9.59 Å². The SMILES string of the molecule is Cc1cc(C)cc(N2C[C@@H](C(=O)N[C@@H]3C[C@H]4CC[C@H]3C4)CC2=O)c1. The smallest absolute Gasteiger partial charge is 0.227 e. The highest BCUT2D eigenvalue weighted by Crippen LogP contribution is 2.44. The summed E-state index contributed by atoms with van der Waals surface area (Å²) in [5, 5.41) is 3.25. The van der Waals surface area contributed by atoms with E-state index in [0.717, 1.165) is 29.2 Å². The summed E-state index contributed by atoms with van der Waals surface area (Å²) >= 11 is 0. The lowest BCUT2D eigenvalue weighted by Crippen LogP contribution is -2.42. The molecule has 24 heavy (non-hydrogen) atoms. The van der Waals surface area contributed by atoms with E-state index >= 15 is 0 Å². The zero-order valence-corrected chi connectivity index (χ0v) is 14.5. The molecular weight excluding hydrogens is 300 g/mol. The first-order valence-electron chi connectivity index (χ1n) is 9.18. The number of aryl methyl sites for hydroxylation is 2. The van der Waals surface area contributed by atoms with Crippen LogP contribution >= 0.6 is 0 Å². The zero-order chi connectivity index (χ0) is 16.8. The van der Waals surface area contributed by atoms with E-state index in [0.29, 0.717) is 24.9 Å². The van der Waals surface area contributed by atoms with Crippen LogP contribution in [0.3, 0.4) is 0 Å². The fourth-order valence-electron chi connectivity index (χ4n) is 4.96. The molecule has 3 aliphatic rings. The first-order valence-corrected chi connectivity index (χ1v) is 9.18. The molecule has 2 saturated carbocycles. The van der Waals surface area contributed by atoms with Crippen LogP contribution in [-0.2, 0) is 9.59 Å². The molecule has 1 heterocycles. The van der Waals surface area contributed by atoms with E-state index in [1.807, 2.05) is 26.0 Å². The molecule has 128 valence electrons. The lowest BCUT2D eigenvalue weighted by molar-refractivity contribution is -0.127. The lowest BCUT2D eigenvalue weighted by atomic mass is 9.94. The van der Waals surface area contributed by atoms with E-state index in [4.69, 9.17) is 0 Å². The summed E-state index contributed by atoms with van der Waals surface area (Å²) in [5.74, 6) is 1.42. The molecule has 1 saturated heterocycles. The summed E-state index contributed by atoms with van der Waals surface area (Å²) in [6.45, 7) is 4.58. The number of anilines is 1. The first-order chi connectivity index (χ1) is 11.5. The van der Waals surface area contributed by atoms with E-state index in [-0.39, 0.29) is 17.7 Å². The van der Waals surface area contributed by atoms with Gasteiger partial charge < -0.3 is 10.2 Å². The van der Waals surface area contributed by atoms with Gasteiger partial charge in [0, 0.05) is 24.7 Å². The predicted molar refractivity (Wildman–Crippen MR) is 93.8 cm³/mol. The first kappa shape index (κ1) is 15.7. The molecule has 2 amide bonds. The van der Waals surface area contributed by atoms with Gasteiger partial charge in [0.15, 0.2) is 0 Å². The number of hydrogen-bond acceptors (Lipinski definition) is 2. The molecule has 4 heteroatoms. The second kappa shape index (κ2) is 5.91. The van der Waals surface area contributed by atoms with E-state index in [1.165, 1.54) is 19.3 Å². The van der Waals surface area contributed by atoms with Gasteiger partial charge in [0.25, 0.3) is 0 Å². The predicted octanol–water partition coefficient (Wildman–Crippen LogP) is 2.96. The molecule has 0 unspecified atom stereocenters. The quantitative estimate of drug-likeness (QED) is 0.928. The summed E-state index contributed by atoms with van der Waals surface area (Å²) in [5.41, 5.74) is 3.22. The van der Waals surface area contributed by atoms with Crippen LogP contribution in [0.1, 0.15) is 43.2 Å². The van der Waals surface area contributed by atoms with Gasteiger partial charge in [-0.2, -0.15) is 0 Å². The molecule has 1 aliphatic heterocycles. The Bertz CT molecular complexity index is 664. The Morgan fingerprint density at radius 3 is 2.50 bits per heavy atom. The minimum atomic E-state index is -0.211. The maximum absolute atomic E-state index is 12.6. The van der Waals surface area contributed by atoms with Crippen LogP contribution in [0.15, 0.2) is 18.2 Å². The molecule has 4 rings (SSSR count). The largest absolute Gasteiger partial charge is 0.353 e. The average Bonchev–Trinajstić information content (AvgIpc) is 3.21. The van der Waals surface area contributed by atoms with Crippen molar-refractivity contribution >= 4 is 17.5 Å². The summed E-state index contributed by atoms with van der Waals surface area (Å²) in [7, 11) is 0. The van der Waals surface area contributed by atoms with Gasteiger partial charge in [0.1, 0.15) is 0 Å². The molecule has 0 spiro atoms. The second-order valence-electron chi connectivity index (χ2n) is 8.04. The maximum atomic E-state index is 12.6. The molecular formula is C20H26N2O2. The third-order valence-electron chi connectivity index (χ3n) is 6.08. The number of benzene rings is 1. The monoisotopic (exact) mass is 326 g/mol. The number of nitrogens with zero attached hydrogens (tertiary/aromatic N) is 1. The average molecular weight is 326 g/mol. The Morgan fingerprint density at radius 2 is 1.88 bits per heavy atom. The van der Waals surface area contributed by atoms with Crippen LogP contribution < -0.4 is 10.2 Å². The molecule has 2 bridgehead atoms. The van der Waals surface area contributed by atoms with Crippen molar-refractivity contribution < 1.29 is 9.59 Å². The Hall–Kier alpha value is -1.84. The van der Waals surface area contributed by atoms with Crippen molar-refractivity contribution in [3.8, 4) is 0 Å². The van der Waals surface area contributed by atoms with Gasteiger partial charge >= 0.3 is 0 Å². The van der Waals surface area contributed by atoms with Crippen molar-refractivity contribution in [3.05, 3.63) is 29.3 Å². The summed E-state index contributed by atoms with van der Waals surface area (Å²) in [6.07, 6.45) is 5.34. The van der Waals surface area contributed by atoms with Crippen molar-refractivity contribution in [2.24, 2.45) is 17.8 Å². The van der Waals surface area contributed by atoms with E-state index in [2.05, 4.69) is 11.4 Å². The van der Waals surface area contributed by atoms with Crippen molar-refractivity contribution in [2.75, 3.05) is 11.4 Å². The number of hydrogen-bond donors (Lipinski definition) is 1. The second-order valence-corrected chi connectivity index (χ2v) is 8.04. The van der Waals surface area contributed by atoms with E-state index in [1.54, 1.807) is 4.90 Å². The highest BCUT2D eigenvalue weighted by molar-refractivity contribution is 6.00. The van der Waals surface area contributed by atoms with Gasteiger partial charge in [0.05, 0.1) is 5.92 Å². The molecule has 0 aromatic heterocycles. The Balaban J connectivity index is 1.42. The van der Waals surface area contributed by atoms with Gasteiger partial charge in [-0.05, 0) is 68.2 Å². The van der Waals surface area contributed by atoms with Crippen LogP contribution in [0.25, 0.3) is 0 Å². The molecule has 1 aromatic rings. The van der Waals surface area contributed by atoms with Crippen LogP contribution in [-0.4, -0.2) is 24.4 Å². The molecule has 0 radical (unpaired) electrons. The van der Waals surface area contributed by atoms with Crippen molar-refractivity contribution in [3.63, 3.8) is 0 Å². The third kappa shape index (κ3) is 2.83. The number of amides is 2. The Kier molecular flexibility index (Phi) is 3.86. The van der Waals surface area contributed by atoms with Crippen molar-refractivity contribution in [2.45, 2.75) is 52.0 Å². The van der Waals surface area contributed by atoms with Crippen LogP contribution in [0.2, 0.25) is 0 Å². The Morgan fingerprint density at radius 1 is 1.12 bits per heavy atom. The number of fused-ring (bicyclic) bond motifs is 2. The lowest BCUT2D eigenvalue weighted by Gasteiger charge is -2.24. The number of carbonyl (C=O) groups excluding carboxylic acids is 2. The number of nitrogens with one attached hydrogen (secondary N) is 1. The number of rotatable bonds is 3. The highest BCUT2D eigenvalue weighted by atomic mass is 16.2. The fraction of sp³-hybridized carbons (Fsp3) is 0.600. The maximum Gasteiger partial charge on any atom is 0.227 e. The molecule has 2 aliphatic carbocycles. The normalized spacial score (nSPS) is 31.8. The Labute approximate surface area is 143 Å². The fourth-order valence-corrected chi connectivity index (χ4v) is 4.96. The van der Waals surface area contributed by atoms with Gasteiger partial charge in [-0.25, -0.2) is 0 Å². The van der Waals surface area contributed by atoms with Gasteiger partial charge in [-0.15, -0.1) is 0 Å². The van der Waals surface area contributed by atoms with Crippen LogP contribution in [0.4, 0.5) is 5.69 Å². The molecule has 1 N–H and O–H groups in total. The summed E-state index contributed by atoms with van der Waals surface area (Å²) < 4.78 is 0. The number of carbonyl (C=O) groups is 2. The minimum Gasteiger partial charge on any atom is -0.353 e. The molecule has 4 nitrogen and oxygen atoms in total. The van der Waals surface area contributed by atoms with Gasteiger partial charge in [-0.1, -0.05) is 12.5 Å². The third-order valence-corrected chi connectivity index (χ3v) is 6.08. The van der Waals surface area contributed by atoms with Crippen LogP contribution in [0.5, 0.6) is 0 Å². The standard InChI is InChI=1S/C20H26N2O2/c1-12-5-13(2)7-17(6-12)22-11-16(10-19(22)23)20(24)21-18-9-14-3-4-15(18)8-14/h5-7,14-16,18H,3-4,8-11H2,1-2H3,(H,21,24)/t14-,15-,16-,18+/m0/s1. The molecule has 3 fully saturated rings. The van der Waals surface area contributed by atoms with Crippen molar-refractivity contribution in [1.29, 1.82) is 0 Å². The molecule has 1 aromatic carbocycles. The van der Waals surface area contributed by atoms with Crippen LogP contribution in [0, 0.1) is 31.6 Å². The highest BCUT2D eigenvalue weighted by Gasteiger charge is 2.42. The molecule has 4 atom stereocenters. The van der Waals surface area contributed by atoms with E-state index < -0.39 is 0 Å². The van der Waals surface area contributed by atoms with Crippen molar-refractivity contribution in [1.82, 2.24) is 5.32 Å².